The smallest absolute Gasteiger partial charge is 0.0454 e. The number of H-pyrrole nitrogens is 1. The van der Waals surface area contributed by atoms with E-state index in [0.717, 1.165) is 18.6 Å². The van der Waals surface area contributed by atoms with Crippen LogP contribution in [0.5, 0.6) is 0 Å². The number of nitrogens with one attached hydrogen (secondary N) is 2. The minimum atomic E-state index is -0.752. The molecule has 0 saturated heterocycles. The number of rotatable bonds is 5. The maximum absolute atomic E-state index is 11.2. The van der Waals surface area contributed by atoms with Crippen molar-refractivity contribution >= 4 is 21.7 Å². The van der Waals surface area contributed by atoms with E-state index in [1.807, 2.05) is 13.1 Å². The van der Waals surface area contributed by atoms with Crippen molar-refractivity contribution in [2.24, 2.45) is 0 Å². The minimum Gasteiger partial charge on any atom is -0.361 e. The van der Waals surface area contributed by atoms with Gasteiger partial charge in [0.2, 0.25) is 0 Å². The molecule has 0 aliphatic rings. The molecule has 2 unspecified atom stereocenters. The molecule has 1 aromatic carbocycles. The lowest BCUT2D eigenvalue weighted by Crippen LogP contribution is -2.27. The second kappa shape index (κ2) is 5.47. The maximum atomic E-state index is 11.2. The van der Waals surface area contributed by atoms with Crippen LogP contribution in [0.1, 0.15) is 12.5 Å². The van der Waals surface area contributed by atoms with Gasteiger partial charge < -0.3 is 10.3 Å². The molecule has 2 N–H and O–H groups in total. The molecule has 1 heterocycles. The van der Waals surface area contributed by atoms with E-state index < -0.39 is 10.8 Å². The van der Waals surface area contributed by atoms with E-state index in [1.54, 1.807) is 6.26 Å². The van der Waals surface area contributed by atoms with Crippen LogP contribution in [0.15, 0.2) is 30.5 Å². The lowest BCUT2D eigenvalue weighted by molar-refractivity contribution is 0.647. The Labute approximate surface area is 104 Å². The molecule has 0 saturated carbocycles. The predicted molar refractivity (Wildman–Crippen MR) is 73.5 cm³/mol. The van der Waals surface area contributed by atoms with Crippen LogP contribution >= 0.6 is 0 Å². The predicted octanol–water partition coefficient (Wildman–Crippen LogP) is 2.02. The van der Waals surface area contributed by atoms with Crippen molar-refractivity contribution in [1.29, 1.82) is 0 Å². The Balaban J connectivity index is 1.92. The number of fused-ring (bicyclic) bond motifs is 1. The fourth-order valence-corrected chi connectivity index (χ4v) is 2.10. The number of hydrogen-bond acceptors (Lipinski definition) is 2. The summed E-state index contributed by atoms with van der Waals surface area (Å²) >= 11 is 0. The van der Waals surface area contributed by atoms with Gasteiger partial charge in [0.05, 0.1) is 0 Å². The van der Waals surface area contributed by atoms with E-state index in [-0.39, 0.29) is 5.25 Å². The van der Waals surface area contributed by atoms with Crippen molar-refractivity contribution in [3.63, 3.8) is 0 Å². The molecule has 0 aliphatic carbocycles. The number of benzene rings is 1. The molecule has 2 aromatic rings. The topological polar surface area (TPSA) is 44.9 Å². The van der Waals surface area contributed by atoms with Gasteiger partial charge in [-0.1, -0.05) is 6.07 Å². The maximum Gasteiger partial charge on any atom is 0.0454 e. The van der Waals surface area contributed by atoms with Crippen LogP contribution in [0, 0.1) is 0 Å². The van der Waals surface area contributed by atoms with Crippen molar-refractivity contribution in [2.75, 3.05) is 12.8 Å². The van der Waals surface area contributed by atoms with Crippen molar-refractivity contribution in [1.82, 2.24) is 10.3 Å². The molecule has 0 aliphatic heterocycles. The summed E-state index contributed by atoms with van der Waals surface area (Å²) in [5.74, 6) is 0. The van der Waals surface area contributed by atoms with Crippen molar-refractivity contribution in [3.8, 4) is 0 Å². The summed E-state index contributed by atoms with van der Waals surface area (Å²) < 4.78 is 11.2. The summed E-state index contributed by atoms with van der Waals surface area (Å²) in [6.45, 7) is 3.61. The Bertz CT molecular complexity index is 521. The van der Waals surface area contributed by atoms with Crippen molar-refractivity contribution in [3.05, 3.63) is 36.0 Å². The van der Waals surface area contributed by atoms with E-state index in [1.165, 1.54) is 10.9 Å². The molecular weight excluding hydrogens is 232 g/mol. The summed E-state index contributed by atoms with van der Waals surface area (Å²) in [5.41, 5.74) is 2.42. The quantitative estimate of drug-likeness (QED) is 0.853. The molecular formula is C13H18N2OS. The van der Waals surface area contributed by atoms with Crippen molar-refractivity contribution in [2.45, 2.75) is 18.7 Å². The summed E-state index contributed by atoms with van der Waals surface area (Å²) in [4.78, 5) is 3.18. The van der Waals surface area contributed by atoms with Crippen LogP contribution in [0.4, 0.5) is 0 Å². The highest BCUT2D eigenvalue weighted by Crippen LogP contribution is 2.13. The Morgan fingerprint density at radius 1 is 1.41 bits per heavy atom. The Kier molecular flexibility index (Phi) is 3.97. The molecule has 2 atom stereocenters. The van der Waals surface area contributed by atoms with Gasteiger partial charge in [-0.2, -0.15) is 0 Å². The van der Waals surface area contributed by atoms with E-state index in [4.69, 9.17) is 0 Å². The number of aromatic nitrogens is 1. The molecule has 1 aromatic heterocycles. The molecule has 92 valence electrons. The first-order chi connectivity index (χ1) is 8.16. The molecule has 0 fully saturated rings. The Morgan fingerprint density at radius 2 is 2.24 bits per heavy atom. The van der Waals surface area contributed by atoms with E-state index in [9.17, 15) is 4.21 Å². The molecule has 0 spiro atoms. The van der Waals surface area contributed by atoms with Crippen LogP contribution in [0.3, 0.4) is 0 Å². The summed E-state index contributed by atoms with van der Waals surface area (Å²) in [7, 11) is -0.752. The average Bonchev–Trinajstić information content (AvgIpc) is 2.75. The molecule has 0 amide bonds. The second-order valence-corrected chi connectivity index (χ2v) is 6.14. The van der Waals surface area contributed by atoms with Crippen LogP contribution in [-0.2, 0) is 17.3 Å². The van der Waals surface area contributed by atoms with Crippen LogP contribution in [0.2, 0.25) is 0 Å². The zero-order chi connectivity index (χ0) is 12.3. The Morgan fingerprint density at radius 3 is 3.00 bits per heavy atom. The summed E-state index contributed by atoms with van der Waals surface area (Å²) in [6, 6.07) is 8.45. The van der Waals surface area contributed by atoms with Crippen LogP contribution in [-0.4, -0.2) is 27.2 Å². The largest absolute Gasteiger partial charge is 0.361 e. The molecule has 17 heavy (non-hydrogen) atoms. The van der Waals surface area contributed by atoms with E-state index >= 15 is 0 Å². The first-order valence-electron chi connectivity index (χ1n) is 5.76. The van der Waals surface area contributed by atoms with Crippen LogP contribution < -0.4 is 5.32 Å². The molecule has 4 heteroatoms. The monoisotopic (exact) mass is 250 g/mol. The van der Waals surface area contributed by atoms with Gasteiger partial charge in [-0.25, -0.2) is 0 Å². The van der Waals surface area contributed by atoms with Gasteiger partial charge in [0.1, 0.15) is 0 Å². The standard InChI is InChI=1S/C13H18N2OS/c1-10(17(2)16)8-14-9-11-3-4-13-12(7-11)5-6-15-13/h3-7,10,14-15H,8-9H2,1-2H3. The SMILES string of the molecule is CC(CNCc1ccc2[nH]ccc2c1)S(C)=O. The fourth-order valence-electron chi connectivity index (χ4n) is 1.75. The first-order valence-corrected chi connectivity index (χ1v) is 7.38. The second-order valence-electron chi connectivity index (χ2n) is 4.34. The zero-order valence-electron chi connectivity index (χ0n) is 10.2. The fraction of sp³-hybridized carbons (Fsp3) is 0.385. The third-order valence-electron chi connectivity index (χ3n) is 2.95. The highest BCUT2D eigenvalue weighted by atomic mass is 32.2. The lowest BCUT2D eigenvalue weighted by atomic mass is 10.1. The van der Waals surface area contributed by atoms with Gasteiger partial charge >= 0.3 is 0 Å². The summed E-state index contributed by atoms with van der Waals surface area (Å²) in [6.07, 6.45) is 3.70. The molecule has 3 nitrogen and oxygen atoms in total. The van der Waals surface area contributed by atoms with Crippen molar-refractivity contribution < 1.29 is 4.21 Å². The number of hydrogen-bond donors (Lipinski definition) is 2. The number of aromatic amines is 1. The molecule has 0 radical (unpaired) electrons. The highest BCUT2D eigenvalue weighted by Gasteiger charge is 2.05. The van der Waals surface area contributed by atoms with Gasteiger partial charge in [0.15, 0.2) is 0 Å². The minimum absolute atomic E-state index is 0.200. The molecule has 0 bridgehead atoms. The normalized spacial score (nSPS) is 14.9. The summed E-state index contributed by atoms with van der Waals surface area (Å²) in [5, 5.41) is 4.77. The van der Waals surface area contributed by atoms with Gasteiger partial charge in [-0.3, -0.25) is 4.21 Å². The third kappa shape index (κ3) is 3.17. The highest BCUT2D eigenvalue weighted by molar-refractivity contribution is 7.84. The average molecular weight is 250 g/mol. The first kappa shape index (κ1) is 12.3. The van der Waals surface area contributed by atoms with E-state index in [2.05, 4.69) is 34.6 Å². The molecule has 2 rings (SSSR count). The van der Waals surface area contributed by atoms with Gasteiger partial charge in [0.25, 0.3) is 0 Å². The van der Waals surface area contributed by atoms with Crippen LogP contribution in [0.25, 0.3) is 10.9 Å². The van der Waals surface area contributed by atoms with Gasteiger partial charge in [-0.05, 0) is 36.1 Å². The lowest BCUT2D eigenvalue weighted by Gasteiger charge is -2.09. The van der Waals surface area contributed by atoms with E-state index in [0.29, 0.717) is 0 Å². The zero-order valence-corrected chi connectivity index (χ0v) is 11.0. The van der Waals surface area contributed by atoms with Gasteiger partial charge in [0, 0.05) is 47.1 Å². The Hall–Kier alpha value is -1.13. The van der Waals surface area contributed by atoms with Gasteiger partial charge in [-0.15, -0.1) is 0 Å². The third-order valence-corrected chi connectivity index (χ3v) is 4.25.